The molecule has 3 nitrogen and oxygen atoms in total. The Morgan fingerprint density at radius 3 is 2.21 bits per heavy atom. The minimum absolute atomic E-state index is 0.205. The maximum absolute atomic E-state index is 5.71. The summed E-state index contributed by atoms with van der Waals surface area (Å²) in [6, 6.07) is 17.8. The molecule has 2 aromatic rings. The maximum atomic E-state index is 5.71. The lowest BCUT2D eigenvalue weighted by Gasteiger charge is -2.26. The van der Waals surface area contributed by atoms with Crippen LogP contribution in [0.2, 0.25) is 0 Å². The number of rotatable bonds is 5. The van der Waals surface area contributed by atoms with Gasteiger partial charge in [-0.25, -0.2) is 0 Å². The third-order valence-electron chi connectivity index (χ3n) is 2.98. The number of benzene rings is 2. The van der Waals surface area contributed by atoms with Gasteiger partial charge in [0.15, 0.2) is 0 Å². The van der Waals surface area contributed by atoms with Gasteiger partial charge in [-0.05, 0) is 29.8 Å². The van der Waals surface area contributed by atoms with Gasteiger partial charge in [-0.15, -0.1) is 0 Å². The van der Waals surface area contributed by atoms with Crippen molar-refractivity contribution in [3.05, 3.63) is 60.2 Å². The van der Waals surface area contributed by atoms with Crippen LogP contribution < -0.4 is 9.47 Å². The van der Waals surface area contributed by atoms with E-state index in [2.05, 4.69) is 0 Å². The van der Waals surface area contributed by atoms with Crippen LogP contribution in [-0.4, -0.2) is 19.3 Å². The Kier molecular flexibility index (Phi) is 3.65. The Hall–Kier alpha value is -2.00. The Morgan fingerprint density at radius 2 is 1.58 bits per heavy atom. The van der Waals surface area contributed by atoms with Crippen molar-refractivity contribution in [1.82, 2.24) is 0 Å². The van der Waals surface area contributed by atoms with Crippen molar-refractivity contribution < 1.29 is 14.2 Å². The predicted octanol–water partition coefficient (Wildman–Crippen LogP) is 3.04. The molecule has 0 amide bonds. The number of hydrogen-bond acceptors (Lipinski definition) is 3. The third-order valence-corrected chi connectivity index (χ3v) is 2.98. The molecular formula is C16H16O3. The van der Waals surface area contributed by atoms with Gasteiger partial charge in [0.2, 0.25) is 0 Å². The summed E-state index contributed by atoms with van der Waals surface area (Å²) in [4.78, 5) is 0. The first-order valence-corrected chi connectivity index (χ1v) is 6.41. The minimum Gasteiger partial charge on any atom is -0.489 e. The Balaban J connectivity index is 1.53. The second kappa shape index (κ2) is 5.76. The zero-order chi connectivity index (χ0) is 12.9. The highest BCUT2D eigenvalue weighted by Gasteiger charge is 2.19. The maximum Gasteiger partial charge on any atom is 0.145 e. The first-order valence-electron chi connectivity index (χ1n) is 6.41. The quantitative estimate of drug-likeness (QED) is 0.823. The van der Waals surface area contributed by atoms with Crippen molar-refractivity contribution in [2.24, 2.45) is 0 Å². The average Bonchev–Trinajstić information content (AvgIpc) is 2.43. The molecule has 0 aliphatic carbocycles. The van der Waals surface area contributed by atoms with E-state index in [1.165, 1.54) is 0 Å². The van der Waals surface area contributed by atoms with Gasteiger partial charge in [0.25, 0.3) is 0 Å². The zero-order valence-corrected chi connectivity index (χ0v) is 10.6. The molecule has 0 atom stereocenters. The Morgan fingerprint density at radius 1 is 0.895 bits per heavy atom. The van der Waals surface area contributed by atoms with Gasteiger partial charge in [-0.2, -0.15) is 0 Å². The third kappa shape index (κ3) is 3.26. The SMILES string of the molecule is c1ccc(COc2ccc(OC3COC3)cc2)cc1. The first-order chi connectivity index (χ1) is 9.40. The molecule has 1 aliphatic rings. The molecule has 0 spiro atoms. The fourth-order valence-corrected chi connectivity index (χ4v) is 1.83. The molecular weight excluding hydrogens is 240 g/mol. The van der Waals surface area contributed by atoms with E-state index in [-0.39, 0.29) is 6.10 Å². The fraction of sp³-hybridized carbons (Fsp3) is 0.250. The van der Waals surface area contributed by atoms with Crippen LogP contribution in [0.15, 0.2) is 54.6 Å². The van der Waals surface area contributed by atoms with Crippen LogP contribution in [0.1, 0.15) is 5.56 Å². The largest absolute Gasteiger partial charge is 0.489 e. The van der Waals surface area contributed by atoms with E-state index >= 15 is 0 Å². The first kappa shape index (κ1) is 12.1. The lowest BCUT2D eigenvalue weighted by Crippen LogP contribution is -2.38. The molecule has 3 rings (SSSR count). The molecule has 0 N–H and O–H groups in total. The zero-order valence-electron chi connectivity index (χ0n) is 10.6. The molecule has 1 heterocycles. The van der Waals surface area contributed by atoms with Crippen molar-refractivity contribution in [3.63, 3.8) is 0 Å². The summed E-state index contributed by atoms with van der Waals surface area (Å²) in [6.45, 7) is 1.95. The van der Waals surface area contributed by atoms with E-state index in [1.807, 2.05) is 54.6 Å². The van der Waals surface area contributed by atoms with Gasteiger partial charge in [0, 0.05) is 0 Å². The van der Waals surface area contributed by atoms with Crippen molar-refractivity contribution in [2.45, 2.75) is 12.7 Å². The van der Waals surface area contributed by atoms with E-state index in [0.29, 0.717) is 19.8 Å². The normalized spacial score (nSPS) is 14.7. The highest BCUT2D eigenvalue weighted by atomic mass is 16.6. The molecule has 0 aromatic heterocycles. The molecule has 2 aromatic carbocycles. The molecule has 0 bridgehead atoms. The van der Waals surface area contributed by atoms with Crippen LogP contribution in [0.4, 0.5) is 0 Å². The summed E-state index contributed by atoms with van der Waals surface area (Å²) in [7, 11) is 0. The van der Waals surface area contributed by atoms with E-state index in [0.717, 1.165) is 17.1 Å². The van der Waals surface area contributed by atoms with Gasteiger partial charge < -0.3 is 14.2 Å². The average molecular weight is 256 g/mol. The molecule has 0 unspecified atom stereocenters. The van der Waals surface area contributed by atoms with Crippen molar-refractivity contribution in [3.8, 4) is 11.5 Å². The summed E-state index contributed by atoms with van der Waals surface area (Å²) in [5, 5.41) is 0. The lowest BCUT2D eigenvalue weighted by molar-refractivity contribution is -0.0796. The summed E-state index contributed by atoms with van der Waals surface area (Å²) < 4.78 is 16.5. The highest BCUT2D eigenvalue weighted by molar-refractivity contribution is 5.31. The summed E-state index contributed by atoms with van der Waals surface area (Å²) in [6.07, 6.45) is 0.205. The van der Waals surface area contributed by atoms with Gasteiger partial charge in [-0.3, -0.25) is 0 Å². The summed E-state index contributed by atoms with van der Waals surface area (Å²) >= 11 is 0. The second-order valence-corrected chi connectivity index (χ2v) is 4.52. The molecule has 1 aliphatic heterocycles. The number of ether oxygens (including phenoxy) is 3. The van der Waals surface area contributed by atoms with Crippen LogP contribution in [0.5, 0.6) is 11.5 Å². The van der Waals surface area contributed by atoms with Crippen LogP contribution in [0, 0.1) is 0 Å². The van der Waals surface area contributed by atoms with Gasteiger partial charge in [0.1, 0.15) is 24.2 Å². The molecule has 1 fully saturated rings. The highest BCUT2D eigenvalue weighted by Crippen LogP contribution is 2.21. The van der Waals surface area contributed by atoms with Gasteiger partial charge in [-0.1, -0.05) is 30.3 Å². The summed E-state index contributed by atoms with van der Waals surface area (Å²) in [5.74, 6) is 1.71. The van der Waals surface area contributed by atoms with Crippen LogP contribution in [0.25, 0.3) is 0 Å². The second-order valence-electron chi connectivity index (χ2n) is 4.52. The minimum atomic E-state index is 0.205. The lowest BCUT2D eigenvalue weighted by atomic mass is 10.2. The van der Waals surface area contributed by atoms with Crippen LogP contribution in [-0.2, 0) is 11.3 Å². The molecule has 19 heavy (non-hydrogen) atoms. The van der Waals surface area contributed by atoms with Crippen molar-refractivity contribution >= 4 is 0 Å². The van der Waals surface area contributed by atoms with Crippen molar-refractivity contribution in [1.29, 1.82) is 0 Å². The van der Waals surface area contributed by atoms with Gasteiger partial charge >= 0.3 is 0 Å². The smallest absolute Gasteiger partial charge is 0.145 e. The van der Waals surface area contributed by atoms with E-state index in [4.69, 9.17) is 14.2 Å². The van der Waals surface area contributed by atoms with Crippen molar-refractivity contribution in [2.75, 3.05) is 13.2 Å². The molecule has 0 saturated carbocycles. The summed E-state index contributed by atoms with van der Waals surface area (Å²) in [5.41, 5.74) is 1.16. The Bertz CT molecular complexity index is 503. The van der Waals surface area contributed by atoms with E-state index in [1.54, 1.807) is 0 Å². The number of hydrogen-bond donors (Lipinski definition) is 0. The molecule has 0 radical (unpaired) electrons. The Labute approximate surface area is 112 Å². The molecule has 1 saturated heterocycles. The topological polar surface area (TPSA) is 27.7 Å². The van der Waals surface area contributed by atoms with E-state index in [9.17, 15) is 0 Å². The standard InChI is InChI=1S/C16H16O3/c1-2-4-13(5-3-1)10-18-14-6-8-15(9-7-14)19-16-11-17-12-16/h1-9,16H,10-12H2. The molecule has 3 heteroatoms. The van der Waals surface area contributed by atoms with Gasteiger partial charge in [0.05, 0.1) is 13.2 Å². The van der Waals surface area contributed by atoms with Crippen LogP contribution in [0.3, 0.4) is 0 Å². The van der Waals surface area contributed by atoms with E-state index < -0.39 is 0 Å². The monoisotopic (exact) mass is 256 g/mol. The predicted molar refractivity (Wildman–Crippen MR) is 72.5 cm³/mol. The molecule has 98 valence electrons. The van der Waals surface area contributed by atoms with Crippen LogP contribution >= 0.6 is 0 Å². The fourth-order valence-electron chi connectivity index (χ4n) is 1.83.